The summed E-state index contributed by atoms with van der Waals surface area (Å²) in [6.07, 6.45) is 0. The van der Waals surface area contributed by atoms with Gasteiger partial charge in [0.2, 0.25) is 0 Å². The Labute approximate surface area is 251 Å². The summed E-state index contributed by atoms with van der Waals surface area (Å²) >= 11 is 6.02. The number of ketones is 1. The van der Waals surface area contributed by atoms with E-state index in [2.05, 4.69) is 31.9 Å². The molecule has 1 aliphatic rings. The molecule has 7 nitrogen and oxygen atoms in total. The Hall–Kier alpha value is 2.16. The first-order chi connectivity index (χ1) is 10.9. The normalized spacial score (nSPS) is 12.7. The van der Waals surface area contributed by atoms with Gasteiger partial charge in [-0.1, -0.05) is 31.9 Å². The smallest absolute Gasteiger partial charge is 0.744 e. The monoisotopic (exact) mass is 572 g/mol. The van der Waals surface area contributed by atoms with E-state index in [1.165, 1.54) is 12.1 Å². The van der Waals surface area contributed by atoms with E-state index in [-0.39, 0.29) is 134 Å². The molecule has 0 spiro atoms. The number of rotatable bonds is 2. The standard InChI is InChI=1S/C13H6Br2O7S2.2K/c14-5-1-7-11(9(3-5)23(17,18)19)12-8(13(7)16)2-6(15)4-10(12)24(20,21)22;;/h1-4H,(H,17,18,19)(H,20,21,22);;/q;2*+1/p-2. The predicted octanol–water partition coefficient (Wildman–Crippen LogP) is -3.76. The number of carbonyl (C=O) groups is 1. The third kappa shape index (κ3) is 4.90. The Bertz CT molecular complexity index is 1060. The predicted molar refractivity (Wildman–Crippen MR) is 86.6 cm³/mol. The molecule has 26 heavy (non-hydrogen) atoms. The molecule has 3 rings (SSSR count). The fraction of sp³-hybridized carbons (Fsp3) is 0. The molecule has 0 aromatic heterocycles. The number of carbonyl (C=O) groups excluding carboxylic acids is 1. The Morgan fingerprint density at radius 1 is 0.692 bits per heavy atom. The van der Waals surface area contributed by atoms with E-state index < -0.39 is 35.8 Å². The first-order valence-corrected chi connectivity index (χ1v) is 10.5. The van der Waals surface area contributed by atoms with Crippen molar-refractivity contribution in [2.75, 3.05) is 0 Å². The maximum absolute atomic E-state index is 12.5. The van der Waals surface area contributed by atoms with Crippen molar-refractivity contribution in [3.63, 3.8) is 0 Å². The molecule has 0 atom stereocenters. The maximum atomic E-state index is 12.5. The number of hydrogen-bond acceptors (Lipinski definition) is 7. The summed E-state index contributed by atoms with van der Waals surface area (Å²) in [5, 5.41) is 0. The average Bonchev–Trinajstić information content (AvgIpc) is 2.68. The van der Waals surface area contributed by atoms with Crippen LogP contribution in [0.4, 0.5) is 0 Å². The summed E-state index contributed by atoms with van der Waals surface area (Å²) in [7, 11) is -10.1. The minimum atomic E-state index is -5.03. The molecule has 1 aliphatic carbocycles. The molecule has 0 heterocycles. The van der Waals surface area contributed by atoms with Gasteiger partial charge in [-0.05, 0) is 24.3 Å². The van der Waals surface area contributed by atoms with Crippen molar-refractivity contribution in [2.24, 2.45) is 0 Å². The molecule has 0 radical (unpaired) electrons. The molecule has 2 aromatic carbocycles. The van der Waals surface area contributed by atoms with Crippen molar-refractivity contribution >= 4 is 57.9 Å². The summed E-state index contributed by atoms with van der Waals surface area (Å²) in [5.41, 5.74) is -1.07. The van der Waals surface area contributed by atoms with Gasteiger partial charge in [-0.25, -0.2) is 16.8 Å². The van der Waals surface area contributed by atoms with Crippen LogP contribution in [-0.4, -0.2) is 31.7 Å². The van der Waals surface area contributed by atoms with Gasteiger partial charge in [-0.2, -0.15) is 0 Å². The van der Waals surface area contributed by atoms with E-state index in [4.69, 9.17) is 0 Å². The van der Waals surface area contributed by atoms with Gasteiger partial charge in [0.1, 0.15) is 20.2 Å². The van der Waals surface area contributed by atoms with Gasteiger partial charge in [0.05, 0.1) is 9.79 Å². The molecule has 13 heteroatoms. The molecule has 0 fully saturated rings. The molecule has 0 N–H and O–H groups in total. The zero-order valence-corrected chi connectivity index (χ0v) is 24.3. The second kappa shape index (κ2) is 9.12. The molecule has 0 amide bonds. The van der Waals surface area contributed by atoms with Crippen LogP contribution in [0.3, 0.4) is 0 Å². The van der Waals surface area contributed by atoms with Gasteiger partial charge < -0.3 is 9.11 Å². The summed E-state index contributed by atoms with van der Waals surface area (Å²) in [6.45, 7) is 0. The Morgan fingerprint density at radius 2 is 1.00 bits per heavy atom. The van der Waals surface area contributed by atoms with Crippen LogP contribution in [0.1, 0.15) is 15.9 Å². The summed E-state index contributed by atoms with van der Waals surface area (Å²) < 4.78 is 69.7. The molecular formula is C13H4Br2K2O7S2. The average molecular weight is 574 g/mol. The van der Waals surface area contributed by atoms with Crippen LogP contribution in [0.2, 0.25) is 0 Å². The Balaban J connectivity index is 0.00000169. The zero-order chi connectivity index (χ0) is 18.0. The molecule has 2 aromatic rings. The first-order valence-electron chi connectivity index (χ1n) is 6.05. The second-order valence-electron chi connectivity index (χ2n) is 4.89. The van der Waals surface area contributed by atoms with Crippen LogP contribution < -0.4 is 103 Å². The quantitative estimate of drug-likeness (QED) is 0.227. The number of benzene rings is 2. The molecule has 0 aliphatic heterocycles. The maximum Gasteiger partial charge on any atom is 1.00 e. The van der Waals surface area contributed by atoms with Crippen LogP contribution in [0.25, 0.3) is 11.1 Å². The third-order valence-corrected chi connectivity index (χ3v) is 6.05. The number of hydrogen-bond donors (Lipinski definition) is 0. The van der Waals surface area contributed by atoms with E-state index >= 15 is 0 Å². The Kier molecular flexibility index (Phi) is 9.18. The van der Waals surface area contributed by atoms with Crippen LogP contribution >= 0.6 is 31.9 Å². The van der Waals surface area contributed by atoms with Crippen LogP contribution in [0.15, 0.2) is 43.0 Å². The summed E-state index contributed by atoms with van der Waals surface area (Å²) in [6, 6.07) is 4.46. The van der Waals surface area contributed by atoms with Crippen molar-refractivity contribution in [1.29, 1.82) is 0 Å². The second-order valence-corrected chi connectivity index (χ2v) is 9.42. The van der Waals surface area contributed by atoms with E-state index in [0.29, 0.717) is 0 Å². The fourth-order valence-corrected chi connectivity index (χ4v) is 5.26. The van der Waals surface area contributed by atoms with Crippen molar-refractivity contribution in [3.8, 4) is 11.1 Å². The van der Waals surface area contributed by atoms with Crippen molar-refractivity contribution in [3.05, 3.63) is 44.3 Å². The van der Waals surface area contributed by atoms with Crippen LogP contribution in [0.5, 0.6) is 0 Å². The Morgan fingerprint density at radius 3 is 1.27 bits per heavy atom. The van der Waals surface area contributed by atoms with Crippen LogP contribution in [0, 0.1) is 0 Å². The molecule has 0 unspecified atom stereocenters. The van der Waals surface area contributed by atoms with Gasteiger partial charge in [-0.15, -0.1) is 0 Å². The summed E-state index contributed by atoms with van der Waals surface area (Å²) in [5.74, 6) is -0.683. The summed E-state index contributed by atoms with van der Waals surface area (Å²) in [4.78, 5) is 11.0. The number of fused-ring (bicyclic) bond motifs is 3. The molecule has 0 saturated carbocycles. The van der Waals surface area contributed by atoms with Gasteiger partial charge in [-0.3, -0.25) is 4.79 Å². The molecule has 126 valence electrons. The molecular weight excluding hydrogens is 570 g/mol. The SMILES string of the molecule is O=C1c2cc(Br)cc(S(=O)(=O)[O-])c2-c2c1cc(Br)cc2S(=O)(=O)[O-].[K+].[K+]. The first kappa shape index (κ1) is 26.2. The van der Waals surface area contributed by atoms with Crippen molar-refractivity contribution in [1.82, 2.24) is 0 Å². The van der Waals surface area contributed by atoms with Crippen molar-refractivity contribution < 1.29 is 134 Å². The van der Waals surface area contributed by atoms with Crippen molar-refractivity contribution in [2.45, 2.75) is 9.79 Å². The van der Waals surface area contributed by atoms with Gasteiger partial charge in [0, 0.05) is 31.2 Å². The van der Waals surface area contributed by atoms with E-state index in [1.807, 2.05) is 0 Å². The van der Waals surface area contributed by atoms with Gasteiger partial charge in [0.15, 0.2) is 5.78 Å². The fourth-order valence-electron chi connectivity index (χ4n) is 2.58. The minimum Gasteiger partial charge on any atom is -0.744 e. The van der Waals surface area contributed by atoms with E-state index in [9.17, 15) is 30.7 Å². The topological polar surface area (TPSA) is 131 Å². The van der Waals surface area contributed by atoms with E-state index in [0.717, 1.165) is 12.1 Å². The minimum absolute atomic E-state index is 0. The number of halogens is 2. The van der Waals surface area contributed by atoms with Gasteiger partial charge >= 0.3 is 103 Å². The third-order valence-electron chi connectivity index (χ3n) is 3.41. The molecule has 0 saturated heterocycles. The van der Waals surface area contributed by atoms with E-state index in [1.54, 1.807) is 0 Å². The zero-order valence-electron chi connectivity index (χ0n) is 13.2. The van der Waals surface area contributed by atoms with Gasteiger partial charge in [0.25, 0.3) is 0 Å². The molecule has 0 bridgehead atoms. The van der Waals surface area contributed by atoms with Crippen LogP contribution in [-0.2, 0) is 20.2 Å². The largest absolute Gasteiger partial charge is 1.00 e.